The Morgan fingerprint density at radius 3 is 2.60 bits per heavy atom. The molecule has 2 rings (SSSR count). The first-order valence-corrected chi connectivity index (χ1v) is 6.27. The molecule has 1 amide bonds. The molecule has 5 nitrogen and oxygen atoms in total. The highest BCUT2D eigenvalue weighted by molar-refractivity contribution is 5.67. The van der Waals surface area contributed by atoms with E-state index in [9.17, 15) is 4.79 Å². The van der Waals surface area contributed by atoms with Crippen LogP contribution in [0.15, 0.2) is 48.7 Å². The summed E-state index contributed by atoms with van der Waals surface area (Å²) in [6.07, 6.45) is 1.14. The molecule has 1 heterocycles. The van der Waals surface area contributed by atoms with Crippen molar-refractivity contribution >= 4 is 6.09 Å². The van der Waals surface area contributed by atoms with Gasteiger partial charge in [0.2, 0.25) is 0 Å². The molecule has 2 aromatic rings. The average Bonchev–Trinajstić information content (AvgIpc) is 2.52. The number of pyridine rings is 1. The standard InChI is InChI=1S/C15H16N2O3/c18-10-14-7-6-13(8-16-14)9-17-15(19)20-11-12-4-2-1-3-5-12/h1-8,18H,9-11H2,(H,17,19). The van der Waals surface area contributed by atoms with Crippen LogP contribution in [0.3, 0.4) is 0 Å². The summed E-state index contributed by atoms with van der Waals surface area (Å²) in [5.74, 6) is 0. The fourth-order valence-corrected chi connectivity index (χ4v) is 1.60. The number of aliphatic hydroxyl groups excluding tert-OH is 1. The number of aliphatic hydroxyl groups is 1. The van der Waals surface area contributed by atoms with Crippen LogP contribution in [0.1, 0.15) is 16.8 Å². The van der Waals surface area contributed by atoms with Crippen molar-refractivity contribution < 1.29 is 14.6 Å². The fraction of sp³-hybridized carbons (Fsp3) is 0.200. The summed E-state index contributed by atoms with van der Waals surface area (Å²) in [7, 11) is 0. The summed E-state index contributed by atoms with van der Waals surface area (Å²) in [6, 6.07) is 13.0. The van der Waals surface area contributed by atoms with Crippen molar-refractivity contribution in [1.29, 1.82) is 0 Å². The van der Waals surface area contributed by atoms with Crippen molar-refractivity contribution in [3.63, 3.8) is 0 Å². The van der Waals surface area contributed by atoms with Gasteiger partial charge in [-0.1, -0.05) is 36.4 Å². The summed E-state index contributed by atoms with van der Waals surface area (Å²) in [4.78, 5) is 15.5. The first-order valence-electron chi connectivity index (χ1n) is 6.27. The van der Waals surface area contributed by atoms with Gasteiger partial charge in [0.1, 0.15) is 6.61 Å². The van der Waals surface area contributed by atoms with Gasteiger partial charge in [-0.05, 0) is 17.2 Å². The molecule has 0 aliphatic rings. The number of benzene rings is 1. The van der Waals surface area contributed by atoms with E-state index < -0.39 is 6.09 Å². The van der Waals surface area contributed by atoms with E-state index in [0.29, 0.717) is 12.2 Å². The number of nitrogens with one attached hydrogen (secondary N) is 1. The lowest BCUT2D eigenvalue weighted by Gasteiger charge is -2.07. The Balaban J connectivity index is 1.74. The number of nitrogens with zero attached hydrogens (tertiary/aromatic N) is 1. The molecule has 0 saturated carbocycles. The number of rotatable bonds is 5. The Kier molecular flexibility index (Phi) is 5.08. The molecule has 0 atom stereocenters. The van der Waals surface area contributed by atoms with Crippen LogP contribution >= 0.6 is 0 Å². The summed E-state index contributed by atoms with van der Waals surface area (Å²) in [5, 5.41) is 11.5. The zero-order valence-corrected chi connectivity index (χ0v) is 11.0. The van der Waals surface area contributed by atoms with Gasteiger partial charge in [0.15, 0.2) is 0 Å². The minimum absolute atomic E-state index is 0.0905. The Morgan fingerprint density at radius 1 is 1.15 bits per heavy atom. The first kappa shape index (κ1) is 14.0. The zero-order valence-electron chi connectivity index (χ0n) is 11.0. The van der Waals surface area contributed by atoms with Crippen LogP contribution in [0.5, 0.6) is 0 Å². The van der Waals surface area contributed by atoms with Crippen molar-refractivity contribution in [2.24, 2.45) is 0 Å². The van der Waals surface area contributed by atoms with E-state index in [2.05, 4.69) is 10.3 Å². The van der Waals surface area contributed by atoms with Gasteiger partial charge >= 0.3 is 6.09 Å². The number of aromatic nitrogens is 1. The molecule has 2 N–H and O–H groups in total. The number of hydrogen-bond acceptors (Lipinski definition) is 4. The van der Waals surface area contributed by atoms with Crippen molar-refractivity contribution in [2.75, 3.05) is 0 Å². The quantitative estimate of drug-likeness (QED) is 0.873. The van der Waals surface area contributed by atoms with Crippen LogP contribution in [-0.4, -0.2) is 16.2 Å². The molecule has 1 aromatic heterocycles. The Hall–Kier alpha value is -2.40. The molecule has 0 unspecified atom stereocenters. The second kappa shape index (κ2) is 7.25. The smallest absolute Gasteiger partial charge is 0.407 e. The molecule has 20 heavy (non-hydrogen) atoms. The van der Waals surface area contributed by atoms with Gasteiger partial charge in [-0.2, -0.15) is 0 Å². The molecular formula is C15H16N2O3. The second-order valence-electron chi connectivity index (χ2n) is 4.23. The minimum Gasteiger partial charge on any atom is -0.445 e. The third kappa shape index (κ3) is 4.37. The highest BCUT2D eigenvalue weighted by Gasteiger charge is 2.03. The van der Waals surface area contributed by atoms with E-state index in [0.717, 1.165) is 11.1 Å². The topological polar surface area (TPSA) is 71.5 Å². The third-order valence-electron chi connectivity index (χ3n) is 2.70. The molecule has 0 bridgehead atoms. The normalized spacial score (nSPS) is 10.1. The van der Waals surface area contributed by atoms with Crippen LogP contribution in [0.2, 0.25) is 0 Å². The minimum atomic E-state index is -0.472. The van der Waals surface area contributed by atoms with Gasteiger partial charge in [0.25, 0.3) is 0 Å². The van der Waals surface area contributed by atoms with Crippen LogP contribution in [0.25, 0.3) is 0 Å². The summed E-state index contributed by atoms with van der Waals surface area (Å²) >= 11 is 0. The van der Waals surface area contributed by atoms with E-state index in [1.165, 1.54) is 0 Å². The van der Waals surface area contributed by atoms with E-state index in [1.807, 2.05) is 30.3 Å². The Morgan fingerprint density at radius 2 is 1.95 bits per heavy atom. The summed E-state index contributed by atoms with van der Waals surface area (Å²) < 4.78 is 5.08. The van der Waals surface area contributed by atoms with Gasteiger partial charge < -0.3 is 15.2 Å². The van der Waals surface area contributed by atoms with Gasteiger partial charge in [-0.3, -0.25) is 4.98 Å². The predicted octanol–water partition coefficient (Wildman–Crippen LogP) is 2.00. The lowest BCUT2D eigenvalue weighted by molar-refractivity contribution is 0.139. The van der Waals surface area contributed by atoms with Crippen molar-refractivity contribution in [2.45, 2.75) is 19.8 Å². The molecule has 5 heteroatoms. The lowest BCUT2D eigenvalue weighted by atomic mass is 10.2. The van der Waals surface area contributed by atoms with Crippen LogP contribution in [0.4, 0.5) is 4.79 Å². The average molecular weight is 272 g/mol. The maximum Gasteiger partial charge on any atom is 0.407 e. The van der Waals surface area contributed by atoms with Crippen LogP contribution in [0, 0.1) is 0 Å². The lowest BCUT2D eigenvalue weighted by Crippen LogP contribution is -2.23. The molecule has 1 aromatic carbocycles. The SMILES string of the molecule is O=C(NCc1ccc(CO)nc1)OCc1ccccc1. The second-order valence-corrected chi connectivity index (χ2v) is 4.23. The van der Waals surface area contributed by atoms with Crippen LogP contribution < -0.4 is 5.32 Å². The third-order valence-corrected chi connectivity index (χ3v) is 2.70. The number of amides is 1. The Labute approximate surface area is 117 Å². The number of alkyl carbamates (subject to hydrolysis) is 1. The van der Waals surface area contributed by atoms with Gasteiger partial charge in [-0.15, -0.1) is 0 Å². The van der Waals surface area contributed by atoms with Gasteiger partial charge in [-0.25, -0.2) is 4.79 Å². The summed E-state index contributed by atoms with van der Waals surface area (Å²) in [5.41, 5.74) is 2.39. The molecule has 104 valence electrons. The molecular weight excluding hydrogens is 256 g/mol. The molecule has 0 fully saturated rings. The van der Waals surface area contributed by atoms with Crippen LogP contribution in [-0.2, 0) is 24.5 Å². The first-order chi connectivity index (χ1) is 9.78. The maximum absolute atomic E-state index is 11.5. The predicted molar refractivity (Wildman–Crippen MR) is 73.6 cm³/mol. The zero-order chi connectivity index (χ0) is 14.2. The van der Waals surface area contributed by atoms with Crippen molar-refractivity contribution in [3.05, 3.63) is 65.5 Å². The van der Waals surface area contributed by atoms with Crippen molar-refractivity contribution in [3.8, 4) is 0 Å². The van der Waals surface area contributed by atoms with Gasteiger partial charge in [0, 0.05) is 12.7 Å². The molecule has 0 saturated heterocycles. The number of carbonyl (C=O) groups excluding carboxylic acids is 1. The highest BCUT2D eigenvalue weighted by Crippen LogP contribution is 2.02. The number of hydrogen-bond donors (Lipinski definition) is 2. The van der Waals surface area contributed by atoms with Crippen molar-refractivity contribution in [1.82, 2.24) is 10.3 Å². The van der Waals surface area contributed by atoms with E-state index in [-0.39, 0.29) is 13.2 Å². The van der Waals surface area contributed by atoms with E-state index in [1.54, 1.807) is 18.3 Å². The van der Waals surface area contributed by atoms with E-state index in [4.69, 9.17) is 9.84 Å². The molecule has 0 aliphatic carbocycles. The molecule has 0 radical (unpaired) electrons. The fourth-order valence-electron chi connectivity index (χ4n) is 1.60. The Bertz CT molecular complexity index is 541. The largest absolute Gasteiger partial charge is 0.445 e. The molecule has 0 aliphatic heterocycles. The number of carbonyl (C=O) groups is 1. The molecule has 0 spiro atoms. The highest BCUT2D eigenvalue weighted by atomic mass is 16.5. The maximum atomic E-state index is 11.5. The number of ether oxygens (including phenoxy) is 1. The van der Waals surface area contributed by atoms with E-state index >= 15 is 0 Å². The summed E-state index contributed by atoms with van der Waals surface area (Å²) in [6.45, 7) is 0.494. The monoisotopic (exact) mass is 272 g/mol. The van der Waals surface area contributed by atoms with Gasteiger partial charge in [0.05, 0.1) is 12.3 Å².